The highest BCUT2D eigenvalue weighted by Crippen LogP contribution is 2.39. The summed E-state index contributed by atoms with van der Waals surface area (Å²) in [7, 11) is 16.8. The van der Waals surface area contributed by atoms with Crippen molar-refractivity contribution < 1.29 is 18.3 Å². The van der Waals surface area contributed by atoms with Crippen molar-refractivity contribution in [3.8, 4) is 90.6 Å². The molecule has 10 aromatic heterocycles. The highest BCUT2D eigenvalue weighted by molar-refractivity contribution is 5.85. The summed E-state index contributed by atoms with van der Waals surface area (Å²) in [6.45, 7) is 34.8. The van der Waals surface area contributed by atoms with E-state index in [9.17, 15) is 0 Å². The molecule has 15 heteroatoms. The van der Waals surface area contributed by atoms with Gasteiger partial charge in [0.15, 0.2) is 30.4 Å². The van der Waals surface area contributed by atoms with Crippen LogP contribution in [0.2, 0.25) is 0 Å². The van der Waals surface area contributed by atoms with Crippen molar-refractivity contribution in [3.63, 3.8) is 0 Å². The van der Waals surface area contributed by atoms with E-state index < -0.39 is 0 Å². The zero-order valence-corrected chi connectivity index (χ0v) is 69.2. The van der Waals surface area contributed by atoms with Gasteiger partial charge in [-0.15, -0.1) is 0 Å². The summed E-state index contributed by atoms with van der Waals surface area (Å²) in [4.78, 5) is 33.4. The van der Waals surface area contributed by atoms with E-state index in [1.54, 1.807) is 0 Å². The molecule has 15 nitrogen and oxygen atoms in total. The summed E-state index contributed by atoms with van der Waals surface area (Å²) in [5, 5.41) is 0. The van der Waals surface area contributed by atoms with E-state index >= 15 is 0 Å². The lowest BCUT2D eigenvalue weighted by Gasteiger charge is -2.18. The molecule has 560 valence electrons. The largest absolute Gasteiger partial charge is 0.334 e. The molecule has 0 atom stereocenters. The van der Waals surface area contributed by atoms with E-state index in [2.05, 4.69) is 342 Å². The summed E-state index contributed by atoms with van der Waals surface area (Å²) in [5.41, 5.74) is 33.4. The topological polar surface area (TPSA) is 125 Å². The van der Waals surface area contributed by atoms with Crippen LogP contribution in [0, 0.1) is 80.1 Å². The number of aryl methyl sites for hydroxylation is 13. The van der Waals surface area contributed by atoms with Crippen LogP contribution in [0.4, 0.5) is 0 Å². The van der Waals surface area contributed by atoms with Gasteiger partial charge in [-0.2, -0.15) is 0 Å². The molecule has 0 aliphatic heterocycles. The van der Waals surface area contributed by atoms with Crippen molar-refractivity contribution in [1.82, 2.24) is 53.2 Å². The Labute approximate surface area is 646 Å². The number of benzene rings is 4. The van der Waals surface area contributed by atoms with Gasteiger partial charge in [-0.3, -0.25) is 4.98 Å². The maximum atomic E-state index is 5.07. The highest BCUT2D eigenvalue weighted by atomic mass is 15.1. The second-order valence-corrected chi connectivity index (χ2v) is 32.9. The zero-order valence-electron chi connectivity index (χ0n) is 69.2. The standard InChI is InChI=1S/C26H32N5.C24H30N3.C22H23N4.C22H28N3/c1-16-20(22-14-19(12-13-30(22)7)15-26(4,5)6)10-9-11-21(16)24-29-23-17(2)27-18(3)28-25(23)31(24)8;1-16-13-17(2)23(26(4)14-16)20-11-8-12-21(18(20)3)24-25-22(15-27(24)5)19-9-6-7-10-19;1-14-13-20-21(16(3)23-14)24-22(26(20)5)18-10-8-9-17(15(18)2)19-11-6-7-12-25(19)4;1-16-18(20-12-7-8-13-24(20)5)10-9-11-19(16)21-23-15-17(25(21)6)14-22(2,3)4/h9-14H,15H2,1-8H3;8,11-15,19H,6-7,9-10H2,1-5H3;6-13H,1-5H3;7-13,15H,14H2,1-6H3/q4*+1. The van der Waals surface area contributed by atoms with Gasteiger partial charge in [-0.25, -0.2) is 48.2 Å². The van der Waals surface area contributed by atoms with Crippen LogP contribution in [-0.2, 0) is 69.2 Å². The normalized spacial score (nSPS) is 12.5. The van der Waals surface area contributed by atoms with Crippen LogP contribution >= 0.6 is 0 Å². The fourth-order valence-corrected chi connectivity index (χ4v) is 16.2. The number of hydrogen-bond acceptors (Lipinski definition) is 7. The monoisotopic (exact) mass is 1450 g/mol. The number of imidazole rings is 4. The lowest BCUT2D eigenvalue weighted by atomic mass is 9.87. The van der Waals surface area contributed by atoms with Crippen LogP contribution in [0.3, 0.4) is 0 Å². The van der Waals surface area contributed by atoms with Gasteiger partial charge in [0, 0.05) is 144 Å². The van der Waals surface area contributed by atoms with Gasteiger partial charge in [0.25, 0.3) is 0 Å². The van der Waals surface area contributed by atoms with Gasteiger partial charge in [0.2, 0.25) is 22.8 Å². The molecule has 1 saturated carbocycles. The average Bonchev–Trinajstić information content (AvgIpc) is 1.64. The third kappa shape index (κ3) is 16.6. The molecule has 0 radical (unpaired) electrons. The third-order valence-corrected chi connectivity index (χ3v) is 21.6. The second-order valence-electron chi connectivity index (χ2n) is 32.9. The summed E-state index contributed by atoms with van der Waals surface area (Å²) >= 11 is 0. The molecule has 10 heterocycles. The molecule has 15 rings (SSSR count). The van der Waals surface area contributed by atoms with Crippen LogP contribution in [0.1, 0.15) is 146 Å². The van der Waals surface area contributed by atoms with E-state index in [1.165, 1.54) is 132 Å². The minimum atomic E-state index is 0.248. The van der Waals surface area contributed by atoms with Crippen LogP contribution in [0.25, 0.3) is 113 Å². The minimum Gasteiger partial charge on any atom is -0.334 e. The lowest BCUT2D eigenvalue weighted by Crippen LogP contribution is -2.32. The summed E-state index contributed by atoms with van der Waals surface area (Å²) < 4.78 is 17.5. The van der Waals surface area contributed by atoms with Crippen molar-refractivity contribution in [2.24, 2.45) is 67.2 Å². The molecule has 0 N–H and O–H groups in total. The summed E-state index contributed by atoms with van der Waals surface area (Å²) in [6.07, 6.45) is 20.1. The number of fused-ring (bicyclic) bond motifs is 2. The first-order chi connectivity index (χ1) is 51.7. The van der Waals surface area contributed by atoms with Gasteiger partial charge >= 0.3 is 0 Å². The number of hydrogen-bond donors (Lipinski definition) is 0. The lowest BCUT2D eigenvalue weighted by molar-refractivity contribution is -0.661. The van der Waals surface area contributed by atoms with Gasteiger partial charge in [0.05, 0.1) is 28.2 Å². The van der Waals surface area contributed by atoms with Gasteiger partial charge in [-0.1, -0.05) is 103 Å². The summed E-state index contributed by atoms with van der Waals surface area (Å²) in [6, 6.07) is 47.5. The molecule has 0 unspecified atom stereocenters. The third-order valence-electron chi connectivity index (χ3n) is 21.6. The Hall–Kier alpha value is -10.9. The zero-order chi connectivity index (χ0) is 78.2. The fourth-order valence-electron chi connectivity index (χ4n) is 16.2. The smallest absolute Gasteiger partial charge is 0.215 e. The number of rotatable bonds is 11. The first-order valence-corrected chi connectivity index (χ1v) is 38.5. The average molecular weight is 1450 g/mol. The maximum absolute atomic E-state index is 5.07. The molecule has 1 aliphatic rings. The molecule has 109 heavy (non-hydrogen) atoms. The molecule has 1 aliphatic carbocycles. The van der Waals surface area contributed by atoms with E-state index in [1.807, 2.05) is 47.0 Å². The number of pyridine rings is 5. The molecular formula is C94H113N15+4. The van der Waals surface area contributed by atoms with E-state index in [0.717, 1.165) is 92.4 Å². The molecule has 4 aromatic carbocycles. The number of aromatic nitrogens is 15. The highest BCUT2D eigenvalue weighted by Gasteiger charge is 2.28. The quantitative estimate of drug-likeness (QED) is 0.118. The predicted octanol–water partition coefficient (Wildman–Crippen LogP) is 18.7. The first kappa shape index (κ1) is 77.7. The Balaban J connectivity index is 0.000000136. The predicted molar refractivity (Wildman–Crippen MR) is 444 cm³/mol. The van der Waals surface area contributed by atoms with E-state index in [4.69, 9.17) is 19.9 Å². The number of nitrogens with zero attached hydrogens (tertiary/aromatic N) is 15. The molecule has 0 saturated heterocycles. The Morgan fingerprint density at radius 1 is 0.431 bits per heavy atom. The van der Waals surface area contributed by atoms with Crippen LogP contribution in [0.15, 0.2) is 171 Å². The minimum absolute atomic E-state index is 0.248. The van der Waals surface area contributed by atoms with Crippen LogP contribution in [0.5, 0.6) is 0 Å². The molecule has 0 bridgehead atoms. The second kappa shape index (κ2) is 31.7. The maximum Gasteiger partial charge on any atom is 0.215 e. The molecule has 0 spiro atoms. The molecule has 14 aromatic rings. The van der Waals surface area contributed by atoms with Gasteiger partial charge < -0.3 is 18.3 Å². The fraction of sp³-hybridized carbons (Fsp3) is 0.351. The van der Waals surface area contributed by atoms with Crippen molar-refractivity contribution >= 4 is 22.2 Å². The van der Waals surface area contributed by atoms with Crippen molar-refractivity contribution in [2.45, 2.75) is 155 Å². The Kier molecular flexibility index (Phi) is 22.6. The van der Waals surface area contributed by atoms with Gasteiger partial charge in [0.1, 0.15) is 68.3 Å². The first-order valence-electron chi connectivity index (χ1n) is 38.5. The van der Waals surface area contributed by atoms with Gasteiger partial charge in [-0.05, 0) is 182 Å². The van der Waals surface area contributed by atoms with Crippen molar-refractivity contribution in [1.29, 1.82) is 0 Å². The van der Waals surface area contributed by atoms with Crippen LogP contribution < -0.4 is 18.3 Å². The van der Waals surface area contributed by atoms with Crippen LogP contribution in [-0.4, -0.2) is 53.2 Å². The Morgan fingerprint density at radius 2 is 0.927 bits per heavy atom. The SMILES string of the molecule is Cc1c(-c2ncc(CC(C)(C)C)n2C)cccc1-c1cccc[n+]1C.Cc1cc(C)c(-c2cccc(-c3nc(C4CCCC4)cn3C)c2C)[n+](C)c1.Cc1cc2c(nc(-c3cccc(-c4cccc[n+]4C)c3C)n2C)c(C)n1.Cc1nc(C)c2nc(-c3cccc(-c4cc(CC(C)(C)C)cc[n+]4C)c3C)n(C)c2n1. The molecular weight excluding hydrogens is 1340 g/mol. The van der Waals surface area contributed by atoms with E-state index in [-0.39, 0.29) is 10.8 Å². The molecule has 1 fully saturated rings. The van der Waals surface area contributed by atoms with Crippen molar-refractivity contribution in [2.75, 3.05) is 0 Å². The van der Waals surface area contributed by atoms with Crippen molar-refractivity contribution in [3.05, 3.63) is 244 Å². The Bertz CT molecular complexity index is 5690. The molecule has 0 amide bonds. The Morgan fingerprint density at radius 3 is 1.49 bits per heavy atom. The summed E-state index contributed by atoms with van der Waals surface area (Å²) in [5.74, 6) is 5.44. The van der Waals surface area contributed by atoms with E-state index in [0.29, 0.717) is 5.92 Å².